The smallest absolute Gasteiger partial charge is 0.134 e. The number of hydrogen-bond donors (Lipinski definition) is 1. The highest BCUT2D eigenvalue weighted by Gasteiger charge is 2.20. The molecule has 1 saturated heterocycles. The first-order chi connectivity index (χ1) is 10.2. The van der Waals surface area contributed by atoms with Crippen molar-refractivity contribution < 1.29 is 9.47 Å². The zero-order valence-corrected chi connectivity index (χ0v) is 13.4. The van der Waals surface area contributed by atoms with Crippen LogP contribution >= 0.6 is 0 Å². The second-order valence-electron chi connectivity index (χ2n) is 5.64. The monoisotopic (exact) mass is 293 g/mol. The summed E-state index contributed by atoms with van der Waals surface area (Å²) in [4.78, 5) is 9.46. The van der Waals surface area contributed by atoms with E-state index in [2.05, 4.69) is 19.2 Å². The molecule has 0 spiro atoms. The van der Waals surface area contributed by atoms with Gasteiger partial charge >= 0.3 is 0 Å². The molecule has 0 aromatic carbocycles. The third-order valence-corrected chi connectivity index (χ3v) is 4.00. The molecule has 1 atom stereocenters. The van der Waals surface area contributed by atoms with Crippen LogP contribution in [0.2, 0.25) is 0 Å². The van der Waals surface area contributed by atoms with E-state index in [9.17, 15) is 0 Å². The van der Waals surface area contributed by atoms with Crippen LogP contribution in [0.3, 0.4) is 0 Å². The van der Waals surface area contributed by atoms with E-state index < -0.39 is 0 Å². The number of rotatable bonds is 7. The van der Waals surface area contributed by atoms with Crippen molar-refractivity contribution in [3.8, 4) is 0 Å². The lowest BCUT2D eigenvalue weighted by molar-refractivity contribution is 0.0779. The normalized spacial score (nSPS) is 18.9. The first-order valence-electron chi connectivity index (χ1n) is 7.83. The summed E-state index contributed by atoms with van der Waals surface area (Å²) in [6, 6.07) is 0. The van der Waals surface area contributed by atoms with Crippen LogP contribution in [-0.4, -0.2) is 50.0 Å². The lowest BCUT2D eigenvalue weighted by atomic mass is 10.0. The van der Waals surface area contributed by atoms with Crippen LogP contribution in [0.5, 0.6) is 0 Å². The summed E-state index contributed by atoms with van der Waals surface area (Å²) in [7, 11) is 1.72. The highest BCUT2D eigenvalue weighted by atomic mass is 16.5. The van der Waals surface area contributed by atoms with Crippen molar-refractivity contribution in [2.24, 2.45) is 0 Å². The van der Waals surface area contributed by atoms with Crippen molar-refractivity contribution in [2.75, 3.05) is 40.0 Å². The molecule has 0 amide bonds. The first kappa shape index (κ1) is 16.3. The van der Waals surface area contributed by atoms with Crippen molar-refractivity contribution in [1.82, 2.24) is 15.3 Å². The molecule has 21 heavy (non-hydrogen) atoms. The number of nitrogens with one attached hydrogen (secondary N) is 1. The highest BCUT2D eigenvalue weighted by molar-refractivity contribution is 5.25. The molecule has 1 aromatic heterocycles. The molecule has 1 aliphatic rings. The van der Waals surface area contributed by atoms with Crippen LogP contribution in [0.4, 0.5) is 0 Å². The molecule has 1 unspecified atom stereocenters. The van der Waals surface area contributed by atoms with Crippen molar-refractivity contribution in [2.45, 2.75) is 39.0 Å². The van der Waals surface area contributed by atoms with Crippen molar-refractivity contribution in [1.29, 1.82) is 0 Å². The van der Waals surface area contributed by atoms with Gasteiger partial charge in [-0.25, -0.2) is 9.97 Å². The topological polar surface area (TPSA) is 56.3 Å². The maximum atomic E-state index is 5.55. The van der Waals surface area contributed by atoms with Gasteiger partial charge in [-0.15, -0.1) is 0 Å². The van der Waals surface area contributed by atoms with Gasteiger partial charge in [-0.1, -0.05) is 0 Å². The minimum atomic E-state index is 0.366. The molecule has 118 valence electrons. The number of aromatic nitrogens is 2. The summed E-state index contributed by atoms with van der Waals surface area (Å²) in [5, 5.41) is 3.37. The zero-order chi connectivity index (χ0) is 15.1. The van der Waals surface area contributed by atoms with Crippen LogP contribution in [-0.2, 0) is 15.9 Å². The molecule has 0 bridgehead atoms. The lowest BCUT2D eigenvalue weighted by Crippen LogP contribution is -2.23. The molecule has 1 N–H and O–H groups in total. The van der Waals surface area contributed by atoms with Crippen LogP contribution in [0.25, 0.3) is 0 Å². The van der Waals surface area contributed by atoms with Gasteiger partial charge in [0, 0.05) is 37.6 Å². The number of nitrogens with zero attached hydrogens (tertiary/aromatic N) is 2. The molecule has 1 aliphatic heterocycles. The molecule has 1 fully saturated rings. The average Bonchev–Trinajstić information content (AvgIpc) is 2.50. The van der Waals surface area contributed by atoms with E-state index in [1.165, 1.54) is 5.56 Å². The quantitative estimate of drug-likeness (QED) is 0.776. The number of aryl methyl sites for hydroxylation is 2. The molecule has 2 heterocycles. The SMILES string of the molecule is COCCNCCc1c(C)nc(C2CCCOC2)nc1C. The summed E-state index contributed by atoms with van der Waals surface area (Å²) in [5.74, 6) is 1.32. The molecule has 0 saturated carbocycles. The number of hydrogen-bond acceptors (Lipinski definition) is 5. The van der Waals surface area contributed by atoms with Gasteiger partial charge in [0.2, 0.25) is 0 Å². The Balaban J connectivity index is 1.96. The van der Waals surface area contributed by atoms with Crippen LogP contribution in [0, 0.1) is 13.8 Å². The van der Waals surface area contributed by atoms with Crippen molar-refractivity contribution in [3.63, 3.8) is 0 Å². The van der Waals surface area contributed by atoms with E-state index >= 15 is 0 Å². The Morgan fingerprint density at radius 3 is 2.62 bits per heavy atom. The molecular formula is C16H27N3O2. The fourth-order valence-corrected chi connectivity index (χ4v) is 2.77. The van der Waals surface area contributed by atoms with E-state index in [0.717, 1.165) is 69.4 Å². The third kappa shape index (κ3) is 4.73. The van der Waals surface area contributed by atoms with Crippen molar-refractivity contribution >= 4 is 0 Å². The fraction of sp³-hybridized carbons (Fsp3) is 0.750. The molecular weight excluding hydrogens is 266 g/mol. The van der Waals surface area contributed by atoms with Gasteiger partial charge in [0.25, 0.3) is 0 Å². The largest absolute Gasteiger partial charge is 0.383 e. The van der Waals surface area contributed by atoms with Gasteiger partial charge in [0.05, 0.1) is 13.2 Å². The molecule has 5 heteroatoms. The van der Waals surface area contributed by atoms with E-state index in [0.29, 0.717) is 5.92 Å². The summed E-state index contributed by atoms with van der Waals surface area (Å²) < 4.78 is 10.6. The van der Waals surface area contributed by atoms with Crippen LogP contribution in [0.15, 0.2) is 0 Å². The number of methoxy groups -OCH3 is 1. The van der Waals surface area contributed by atoms with E-state index in [1.54, 1.807) is 7.11 Å². The van der Waals surface area contributed by atoms with Gasteiger partial charge in [-0.05, 0) is 45.2 Å². The second-order valence-corrected chi connectivity index (χ2v) is 5.64. The van der Waals surface area contributed by atoms with Crippen LogP contribution < -0.4 is 5.32 Å². The average molecular weight is 293 g/mol. The fourth-order valence-electron chi connectivity index (χ4n) is 2.77. The summed E-state index contributed by atoms with van der Waals surface area (Å²) >= 11 is 0. The minimum Gasteiger partial charge on any atom is -0.383 e. The second kappa shape index (κ2) is 8.41. The van der Waals surface area contributed by atoms with E-state index in [-0.39, 0.29) is 0 Å². The summed E-state index contributed by atoms with van der Waals surface area (Å²) in [6.07, 6.45) is 3.21. The maximum absolute atomic E-state index is 5.55. The van der Waals surface area contributed by atoms with Crippen molar-refractivity contribution in [3.05, 3.63) is 22.8 Å². The molecule has 5 nitrogen and oxygen atoms in total. The molecule has 0 aliphatic carbocycles. The Labute approximate surface area is 127 Å². The summed E-state index contributed by atoms with van der Waals surface area (Å²) in [5.41, 5.74) is 3.48. The Morgan fingerprint density at radius 2 is 2.00 bits per heavy atom. The Bertz CT molecular complexity index is 422. The van der Waals surface area contributed by atoms with E-state index in [4.69, 9.17) is 19.4 Å². The zero-order valence-electron chi connectivity index (χ0n) is 13.4. The Hall–Kier alpha value is -1.04. The van der Waals surface area contributed by atoms with Gasteiger partial charge < -0.3 is 14.8 Å². The van der Waals surface area contributed by atoms with Gasteiger partial charge in [0.15, 0.2) is 0 Å². The predicted molar refractivity (Wildman–Crippen MR) is 82.7 cm³/mol. The highest BCUT2D eigenvalue weighted by Crippen LogP contribution is 2.24. The first-order valence-corrected chi connectivity index (χ1v) is 7.83. The van der Waals surface area contributed by atoms with Crippen LogP contribution in [0.1, 0.15) is 41.5 Å². The van der Waals surface area contributed by atoms with Gasteiger partial charge in [0.1, 0.15) is 5.82 Å². The third-order valence-electron chi connectivity index (χ3n) is 4.00. The minimum absolute atomic E-state index is 0.366. The van der Waals surface area contributed by atoms with Gasteiger partial charge in [-0.2, -0.15) is 0 Å². The van der Waals surface area contributed by atoms with E-state index in [1.807, 2.05) is 0 Å². The maximum Gasteiger partial charge on any atom is 0.134 e. The standard InChI is InChI=1S/C16H27N3O2/c1-12-15(6-7-17-8-10-20-3)13(2)19-16(18-12)14-5-4-9-21-11-14/h14,17H,4-11H2,1-3H3. The number of ether oxygens (including phenoxy) is 2. The Morgan fingerprint density at radius 1 is 1.24 bits per heavy atom. The molecule has 2 rings (SSSR count). The lowest BCUT2D eigenvalue weighted by Gasteiger charge is -2.22. The summed E-state index contributed by atoms with van der Waals surface area (Å²) in [6.45, 7) is 8.37. The molecule has 1 aromatic rings. The molecule has 0 radical (unpaired) electrons. The Kier molecular flexibility index (Phi) is 6.54. The predicted octanol–water partition coefficient (Wildman–Crippen LogP) is 1.77. The van der Waals surface area contributed by atoms with Gasteiger partial charge in [-0.3, -0.25) is 0 Å².